The zero-order valence-corrected chi connectivity index (χ0v) is 8.67. The molecule has 2 atom stereocenters. The molecule has 1 fully saturated rings. The third-order valence-corrected chi connectivity index (χ3v) is 2.77. The Morgan fingerprint density at radius 2 is 2.15 bits per heavy atom. The summed E-state index contributed by atoms with van der Waals surface area (Å²) in [6, 6.07) is 0. The molecule has 0 aromatic carbocycles. The van der Waals surface area contributed by atoms with Crippen LogP contribution in [0.3, 0.4) is 0 Å². The second-order valence-corrected chi connectivity index (χ2v) is 3.54. The quantitative estimate of drug-likeness (QED) is 0.623. The van der Waals surface area contributed by atoms with Gasteiger partial charge in [0.15, 0.2) is 5.79 Å². The Kier molecular flexibility index (Phi) is 3.35. The van der Waals surface area contributed by atoms with E-state index in [0.29, 0.717) is 6.61 Å². The summed E-state index contributed by atoms with van der Waals surface area (Å²) < 4.78 is 11.5. The van der Waals surface area contributed by atoms with Gasteiger partial charge in [-0.05, 0) is 19.8 Å². The fourth-order valence-electron chi connectivity index (χ4n) is 1.55. The first-order chi connectivity index (χ1) is 6.17. The topological polar surface area (TPSA) is 18.5 Å². The van der Waals surface area contributed by atoms with Gasteiger partial charge in [0.1, 0.15) is 0 Å². The lowest BCUT2D eigenvalue weighted by molar-refractivity contribution is -0.174. The molecule has 74 valence electrons. The molecule has 1 aliphatic rings. The molecule has 1 saturated heterocycles. The summed E-state index contributed by atoms with van der Waals surface area (Å²) in [4.78, 5) is 0. The zero-order chi connectivity index (χ0) is 9.90. The molecule has 0 spiro atoms. The smallest absolute Gasteiger partial charge is 0.168 e. The van der Waals surface area contributed by atoms with Crippen LogP contribution in [0, 0.1) is 18.3 Å². The summed E-state index contributed by atoms with van der Waals surface area (Å²) in [7, 11) is 0. The Labute approximate surface area is 80.6 Å². The zero-order valence-electron chi connectivity index (χ0n) is 8.67. The maximum Gasteiger partial charge on any atom is 0.168 e. The summed E-state index contributed by atoms with van der Waals surface area (Å²) in [5, 5.41) is 0. The third kappa shape index (κ3) is 2.04. The van der Waals surface area contributed by atoms with Gasteiger partial charge in [-0.1, -0.05) is 13.8 Å². The number of terminal acetylenes is 1. The largest absolute Gasteiger partial charge is 0.347 e. The van der Waals surface area contributed by atoms with Gasteiger partial charge in [0, 0.05) is 5.92 Å². The highest BCUT2D eigenvalue weighted by Crippen LogP contribution is 2.32. The summed E-state index contributed by atoms with van der Waals surface area (Å²) in [6.07, 6.45) is 7.18. The molecule has 1 heterocycles. The van der Waals surface area contributed by atoms with E-state index in [0.717, 1.165) is 12.8 Å². The van der Waals surface area contributed by atoms with E-state index in [9.17, 15) is 0 Å². The predicted octanol–water partition coefficient (Wildman–Crippen LogP) is 2.19. The van der Waals surface area contributed by atoms with Crippen LogP contribution in [0.4, 0.5) is 0 Å². The van der Waals surface area contributed by atoms with Gasteiger partial charge in [-0.25, -0.2) is 0 Å². The van der Waals surface area contributed by atoms with Crippen LogP contribution in [0.1, 0.15) is 33.6 Å². The number of hydrogen-bond acceptors (Lipinski definition) is 2. The maximum absolute atomic E-state index is 5.84. The van der Waals surface area contributed by atoms with Gasteiger partial charge in [0.2, 0.25) is 0 Å². The first-order valence-electron chi connectivity index (χ1n) is 4.95. The number of rotatable bonds is 3. The van der Waals surface area contributed by atoms with Crippen LogP contribution < -0.4 is 0 Å². The lowest BCUT2D eigenvalue weighted by atomic mass is 10.1. The van der Waals surface area contributed by atoms with E-state index in [1.807, 2.05) is 6.92 Å². The third-order valence-electron chi connectivity index (χ3n) is 2.77. The van der Waals surface area contributed by atoms with E-state index >= 15 is 0 Å². The minimum Gasteiger partial charge on any atom is -0.347 e. The molecule has 0 bridgehead atoms. The molecule has 2 heteroatoms. The molecule has 0 saturated carbocycles. The van der Waals surface area contributed by atoms with Crippen molar-refractivity contribution in [2.45, 2.75) is 45.5 Å². The molecule has 1 aliphatic heterocycles. The SMILES string of the molecule is C#C[C@@H](C)[C@H]1COC(CC)(CC)O1. The second-order valence-electron chi connectivity index (χ2n) is 3.54. The summed E-state index contributed by atoms with van der Waals surface area (Å²) in [5.74, 6) is 2.46. The molecule has 0 N–H and O–H groups in total. The molecule has 0 amide bonds. The van der Waals surface area contributed by atoms with Crippen molar-refractivity contribution in [1.82, 2.24) is 0 Å². The van der Waals surface area contributed by atoms with Gasteiger partial charge in [-0.15, -0.1) is 12.3 Å². The van der Waals surface area contributed by atoms with Crippen LogP contribution in [-0.4, -0.2) is 18.5 Å². The lowest BCUT2D eigenvalue weighted by Crippen LogP contribution is -2.30. The summed E-state index contributed by atoms with van der Waals surface area (Å²) in [5.41, 5.74) is 0. The molecule has 0 aromatic heterocycles. The van der Waals surface area contributed by atoms with Crippen LogP contribution in [0.15, 0.2) is 0 Å². The van der Waals surface area contributed by atoms with Gasteiger partial charge in [-0.2, -0.15) is 0 Å². The Morgan fingerprint density at radius 1 is 1.54 bits per heavy atom. The lowest BCUT2D eigenvalue weighted by Gasteiger charge is -2.25. The average molecular weight is 182 g/mol. The van der Waals surface area contributed by atoms with E-state index < -0.39 is 0 Å². The van der Waals surface area contributed by atoms with Crippen molar-refractivity contribution >= 4 is 0 Å². The van der Waals surface area contributed by atoms with Crippen molar-refractivity contribution in [3.63, 3.8) is 0 Å². The van der Waals surface area contributed by atoms with E-state index in [2.05, 4.69) is 19.8 Å². The highest BCUT2D eigenvalue weighted by atomic mass is 16.7. The van der Waals surface area contributed by atoms with Crippen LogP contribution in [-0.2, 0) is 9.47 Å². The second kappa shape index (κ2) is 4.13. The van der Waals surface area contributed by atoms with Gasteiger partial charge < -0.3 is 9.47 Å². The Balaban J connectivity index is 2.57. The average Bonchev–Trinajstić information content (AvgIpc) is 2.61. The fraction of sp³-hybridized carbons (Fsp3) is 0.818. The van der Waals surface area contributed by atoms with Gasteiger partial charge in [0.05, 0.1) is 12.7 Å². The minimum absolute atomic E-state index is 0.0740. The Hall–Kier alpha value is -0.520. The monoisotopic (exact) mass is 182 g/mol. The van der Waals surface area contributed by atoms with Gasteiger partial charge in [-0.3, -0.25) is 0 Å². The van der Waals surface area contributed by atoms with Crippen molar-refractivity contribution in [2.24, 2.45) is 5.92 Å². The highest BCUT2D eigenvalue weighted by molar-refractivity contribution is 4.97. The predicted molar refractivity (Wildman–Crippen MR) is 52.1 cm³/mol. The maximum atomic E-state index is 5.84. The standard InChI is InChI=1S/C11H18O2/c1-5-9(4)10-8-12-11(6-2,7-3)13-10/h1,9-10H,6-8H2,2-4H3/t9-,10-/m1/s1. The van der Waals surface area contributed by atoms with Gasteiger partial charge >= 0.3 is 0 Å². The first-order valence-corrected chi connectivity index (χ1v) is 4.95. The molecule has 2 nitrogen and oxygen atoms in total. The molecule has 0 aromatic rings. The van der Waals surface area contributed by atoms with Crippen LogP contribution in [0.2, 0.25) is 0 Å². The highest BCUT2D eigenvalue weighted by Gasteiger charge is 2.39. The molecular formula is C11H18O2. The fourth-order valence-corrected chi connectivity index (χ4v) is 1.55. The Bertz CT molecular complexity index is 201. The molecule has 0 unspecified atom stereocenters. The van der Waals surface area contributed by atoms with Crippen molar-refractivity contribution in [3.05, 3.63) is 0 Å². The van der Waals surface area contributed by atoms with Crippen molar-refractivity contribution < 1.29 is 9.47 Å². The first kappa shape index (κ1) is 10.6. The van der Waals surface area contributed by atoms with Gasteiger partial charge in [0.25, 0.3) is 0 Å². The van der Waals surface area contributed by atoms with E-state index in [1.165, 1.54) is 0 Å². The van der Waals surface area contributed by atoms with E-state index in [-0.39, 0.29) is 17.8 Å². The van der Waals surface area contributed by atoms with Crippen molar-refractivity contribution in [2.75, 3.05) is 6.61 Å². The molecular weight excluding hydrogens is 164 g/mol. The Morgan fingerprint density at radius 3 is 2.54 bits per heavy atom. The molecule has 13 heavy (non-hydrogen) atoms. The van der Waals surface area contributed by atoms with Crippen LogP contribution in [0.5, 0.6) is 0 Å². The number of hydrogen-bond donors (Lipinski definition) is 0. The molecule has 0 radical (unpaired) electrons. The van der Waals surface area contributed by atoms with Crippen LogP contribution >= 0.6 is 0 Å². The van der Waals surface area contributed by atoms with E-state index in [4.69, 9.17) is 15.9 Å². The minimum atomic E-state index is -0.365. The molecule has 1 rings (SSSR count). The number of ether oxygens (including phenoxy) is 2. The normalized spacial score (nSPS) is 28.3. The van der Waals surface area contributed by atoms with Crippen LogP contribution in [0.25, 0.3) is 0 Å². The van der Waals surface area contributed by atoms with E-state index in [1.54, 1.807) is 0 Å². The molecule has 0 aliphatic carbocycles. The summed E-state index contributed by atoms with van der Waals surface area (Å²) in [6.45, 7) is 6.78. The van der Waals surface area contributed by atoms with Crippen molar-refractivity contribution in [1.29, 1.82) is 0 Å². The summed E-state index contributed by atoms with van der Waals surface area (Å²) >= 11 is 0. The van der Waals surface area contributed by atoms with Crippen molar-refractivity contribution in [3.8, 4) is 12.3 Å².